The van der Waals surface area contributed by atoms with Crippen LogP contribution in [0.15, 0.2) is 30.3 Å². The van der Waals surface area contributed by atoms with Crippen LogP contribution in [0.4, 0.5) is 0 Å². The summed E-state index contributed by atoms with van der Waals surface area (Å²) in [4.78, 5) is 2.32. The van der Waals surface area contributed by atoms with E-state index in [0.717, 1.165) is 5.75 Å². The van der Waals surface area contributed by atoms with Gasteiger partial charge in [-0.05, 0) is 0 Å². The normalized spacial score (nSPS) is 12.1. The number of hydrogen-bond acceptors (Lipinski definition) is 1. The van der Waals surface area contributed by atoms with E-state index in [-0.39, 0.29) is 26.6 Å². The minimum atomic E-state index is 0.0684. The topological polar surface area (TPSA) is 9.23 Å². The van der Waals surface area contributed by atoms with Crippen molar-refractivity contribution in [3.8, 4) is 5.75 Å². The van der Waals surface area contributed by atoms with E-state index < -0.39 is 0 Å². The van der Waals surface area contributed by atoms with Gasteiger partial charge in [-0.3, -0.25) is 0 Å². The Labute approximate surface area is 120 Å². The van der Waals surface area contributed by atoms with Crippen molar-refractivity contribution in [3.63, 3.8) is 0 Å². The van der Waals surface area contributed by atoms with Crippen molar-refractivity contribution in [3.05, 3.63) is 39.5 Å². The third-order valence-corrected chi connectivity index (χ3v) is 5.25. The Morgan fingerprint density at radius 3 is 2.33 bits per heavy atom. The minimum absolute atomic E-state index is 0.0684. The van der Waals surface area contributed by atoms with E-state index in [4.69, 9.17) is 4.74 Å². The van der Waals surface area contributed by atoms with Crippen molar-refractivity contribution in [2.75, 3.05) is 12.0 Å². The quantitative estimate of drug-likeness (QED) is 0.578. The van der Waals surface area contributed by atoms with Crippen LogP contribution in [0.25, 0.3) is 10.8 Å². The molecule has 98 valence electrons. The number of ether oxygens (including phenoxy) is 1. The predicted octanol–water partition coefficient (Wildman–Crippen LogP) is 1.03. The third kappa shape index (κ3) is 2.48. The molecule has 0 heterocycles. The molecule has 0 aliphatic rings. The van der Waals surface area contributed by atoms with Crippen LogP contribution >= 0.6 is 0 Å². The Kier molecular flexibility index (Phi) is 3.85. The maximum atomic E-state index is 5.51. The number of benzene rings is 2. The molecule has 2 aromatic carbocycles. The summed E-state index contributed by atoms with van der Waals surface area (Å²) in [5.74, 6) is 0.984. The molecule has 0 bridgehead atoms. The average Bonchev–Trinajstić information content (AvgIpc) is 2.35. The fourth-order valence-corrected chi connectivity index (χ4v) is 3.78. The molecule has 0 aliphatic heterocycles. The summed E-state index contributed by atoms with van der Waals surface area (Å²) < 4.78 is 7.02. The van der Waals surface area contributed by atoms with Crippen molar-refractivity contribution in [1.82, 2.24) is 0 Å². The number of fused-ring (bicyclic) bond motifs is 1. The molecule has 2 rings (SSSR count). The maximum absolute atomic E-state index is 5.51. The molecule has 0 N–H and O–H groups in total. The van der Waals surface area contributed by atoms with Crippen molar-refractivity contribution in [2.24, 2.45) is 0 Å². The zero-order chi connectivity index (χ0) is 13.3. The van der Waals surface area contributed by atoms with Gasteiger partial charge in [-0.2, -0.15) is 0 Å². The van der Waals surface area contributed by atoms with Gasteiger partial charge in [0.05, 0.1) is 0 Å². The monoisotopic (exact) mass is 355 g/mol. The van der Waals surface area contributed by atoms with Gasteiger partial charge in [0.1, 0.15) is 0 Å². The van der Waals surface area contributed by atoms with Crippen molar-refractivity contribution in [1.29, 1.82) is 0 Å². The summed E-state index contributed by atoms with van der Waals surface area (Å²) in [7, 11) is 1.75. The molecule has 2 heteroatoms. The van der Waals surface area contributed by atoms with E-state index >= 15 is 0 Å². The van der Waals surface area contributed by atoms with Crippen LogP contribution in [0.5, 0.6) is 5.75 Å². The number of methoxy groups -OCH3 is 1. The molecule has 0 aromatic heterocycles. The molecule has 0 amide bonds. The fourth-order valence-electron chi connectivity index (χ4n) is 2.08. The zero-order valence-electron chi connectivity index (χ0n) is 11.7. The van der Waals surface area contributed by atoms with Crippen molar-refractivity contribution >= 4 is 10.8 Å². The second kappa shape index (κ2) is 5.08. The fraction of sp³-hybridized carbons (Fsp3) is 0.375. The summed E-state index contributed by atoms with van der Waals surface area (Å²) in [5, 5.41) is 2.61. The number of halogens is 1. The summed E-state index contributed by atoms with van der Waals surface area (Å²) in [6, 6.07) is 11.0. The molecule has 18 heavy (non-hydrogen) atoms. The third-order valence-electron chi connectivity index (χ3n) is 3.20. The van der Waals surface area contributed by atoms with Crippen LogP contribution in [0, 0.1) is 3.57 Å². The molecular formula is C16H20IO-. The van der Waals surface area contributed by atoms with Gasteiger partial charge in [0.25, 0.3) is 0 Å². The van der Waals surface area contributed by atoms with E-state index in [2.05, 4.69) is 50.0 Å². The number of rotatable bonds is 2. The van der Waals surface area contributed by atoms with Crippen LogP contribution in [0.3, 0.4) is 0 Å². The Morgan fingerprint density at radius 1 is 1.06 bits per heavy atom. The van der Waals surface area contributed by atoms with Gasteiger partial charge in [0.2, 0.25) is 0 Å². The second-order valence-corrected chi connectivity index (χ2v) is 7.69. The van der Waals surface area contributed by atoms with Gasteiger partial charge < -0.3 is 0 Å². The Morgan fingerprint density at radius 2 is 1.78 bits per heavy atom. The van der Waals surface area contributed by atoms with E-state index in [1.54, 1.807) is 7.11 Å². The predicted molar refractivity (Wildman–Crippen MR) is 73.8 cm³/mol. The SMILES string of the molecule is COc1cccc2c([I-]C)cc(C(C)(C)C)cc12. The molecule has 0 saturated carbocycles. The van der Waals surface area contributed by atoms with Crippen LogP contribution < -0.4 is 25.9 Å². The first-order valence-electron chi connectivity index (χ1n) is 6.08. The summed E-state index contributed by atoms with van der Waals surface area (Å²) in [5.41, 5.74) is 1.58. The van der Waals surface area contributed by atoms with Crippen LogP contribution in [0.2, 0.25) is 0 Å². The Hall–Kier alpha value is -0.770. The first kappa shape index (κ1) is 13.7. The Bertz CT molecular complexity index is 567. The molecule has 1 nitrogen and oxygen atoms in total. The van der Waals surface area contributed by atoms with Gasteiger partial charge in [0.15, 0.2) is 0 Å². The zero-order valence-corrected chi connectivity index (χ0v) is 13.8. The molecule has 0 fully saturated rings. The van der Waals surface area contributed by atoms with Gasteiger partial charge in [0, 0.05) is 0 Å². The molecule has 0 aliphatic carbocycles. The summed E-state index contributed by atoms with van der Waals surface area (Å²) >= 11 is 0.0684. The standard InChI is InChI=1S/C16H20IO/c1-16(2,3)11-9-13-12(14(10-11)17-4)7-6-8-15(13)18-5/h6-10H,1-5H3/q-1. The van der Waals surface area contributed by atoms with Gasteiger partial charge in [-0.25, -0.2) is 0 Å². The van der Waals surface area contributed by atoms with Crippen LogP contribution in [0.1, 0.15) is 26.3 Å². The molecule has 0 radical (unpaired) electrons. The van der Waals surface area contributed by atoms with E-state index in [1.807, 2.05) is 6.07 Å². The van der Waals surface area contributed by atoms with E-state index in [9.17, 15) is 0 Å². The molecule has 0 spiro atoms. The van der Waals surface area contributed by atoms with Crippen LogP contribution in [-0.4, -0.2) is 12.0 Å². The number of alkyl halides is 1. The Balaban J connectivity index is 2.80. The van der Waals surface area contributed by atoms with Crippen LogP contribution in [-0.2, 0) is 5.41 Å². The van der Waals surface area contributed by atoms with Crippen molar-refractivity contribution in [2.45, 2.75) is 26.2 Å². The van der Waals surface area contributed by atoms with E-state index in [0.29, 0.717) is 0 Å². The molecule has 0 atom stereocenters. The molecular weight excluding hydrogens is 335 g/mol. The molecule has 0 unspecified atom stereocenters. The first-order valence-corrected chi connectivity index (χ1v) is 9.31. The first-order chi connectivity index (χ1) is 8.47. The van der Waals surface area contributed by atoms with Gasteiger partial charge >= 0.3 is 120 Å². The number of hydrogen-bond donors (Lipinski definition) is 0. The van der Waals surface area contributed by atoms with Gasteiger partial charge in [-0.1, -0.05) is 0 Å². The van der Waals surface area contributed by atoms with Crippen molar-refractivity contribution < 1.29 is 25.9 Å². The second-order valence-electron chi connectivity index (χ2n) is 5.45. The molecule has 2 aromatic rings. The van der Waals surface area contributed by atoms with Gasteiger partial charge in [-0.15, -0.1) is 0 Å². The van der Waals surface area contributed by atoms with E-state index in [1.165, 1.54) is 19.9 Å². The summed E-state index contributed by atoms with van der Waals surface area (Å²) in [6.45, 7) is 6.80. The average molecular weight is 355 g/mol. The molecule has 0 saturated heterocycles. The summed E-state index contributed by atoms with van der Waals surface area (Å²) in [6.07, 6.45) is 0.